The van der Waals surface area contributed by atoms with Crippen LogP contribution in [0.15, 0.2) is 30.3 Å². The van der Waals surface area contributed by atoms with Gasteiger partial charge in [0.25, 0.3) is 0 Å². The molecule has 0 saturated carbocycles. The first-order valence-electron chi connectivity index (χ1n) is 6.44. The smallest absolute Gasteiger partial charge is 0.121 e. The van der Waals surface area contributed by atoms with Crippen molar-refractivity contribution >= 4 is 11.3 Å². The second-order valence-corrected chi connectivity index (χ2v) is 5.40. The average Bonchev–Trinajstić information content (AvgIpc) is 2.84. The highest BCUT2D eigenvalue weighted by molar-refractivity contribution is 7.11. The first-order valence-corrected chi connectivity index (χ1v) is 7.26. The van der Waals surface area contributed by atoms with Crippen LogP contribution >= 0.6 is 11.3 Å². The molecule has 0 aliphatic rings. The van der Waals surface area contributed by atoms with Crippen molar-refractivity contribution in [3.63, 3.8) is 0 Å². The maximum absolute atomic E-state index is 4.25. The molecule has 0 aliphatic heterocycles. The second-order valence-electron chi connectivity index (χ2n) is 4.25. The van der Waals surface area contributed by atoms with Crippen LogP contribution < -0.4 is 5.32 Å². The molecule has 1 aromatic carbocycles. The topological polar surface area (TPSA) is 37.8 Å². The summed E-state index contributed by atoms with van der Waals surface area (Å²) in [4.78, 5) is 0. The monoisotopic (exact) mass is 261 g/mol. The van der Waals surface area contributed by atoms with Gasteiger partial charge in [-0.3, -0.25) is 0 Å². The molecule has 0 bridgehead atoms. The largest absolute Gasteiger partial charge is 0.316 e. The van der Waals surface area contributed by atoms with Gasteiger partial charge in [-0.15, -0.1) is 21.5 Å². The van der Waals surface area contributed by atoms with Crippen LogP contribution in [0, 0.1) is 0 Å². The summed E-state index contributed by atoms with van der Waals surface area (Å²) in [6.07, 6.45) is 3.04. The van der Waals surface area contributed by atoms with E-state index in [1.165, 1.54) is 12.0 Å². The van der Waals surface area contributed by atoms with Crippen LogP contribution in [0.1, 0.15) is 28.9 Å². The average molecular weight is 261 g/mol. The summed E-state index contributed by atoms with van der Waals surface area (Å²) in [6.45, 7) is 4.25. The van der Waals surface area contributed by atoms with Gasteiger partial charge in [0.2, 0.25) is 0 Å². The minimum absolute atomic E-state index is 0.890. The minimum Gasteiger partial charge on any atom is -0.316 e. The van der Waals surface area contributed by atoms with Gasteiger partial charge in [0, 0.05) is 19.4 Å². The maximum atomic E-state index is 4.25. The van der Waals surface area contributed by atoms with Gasteiger partial charge in [-0.2, -0.15) is 0 Å². The zero-order valence-corrected chi connectivity index (χ0v) is 11.5. The number of nitrogens with zero attached hydrogens (tertiary/aromatic N) is 2. The summed E-state index contributed by atoms with van der Waals surface area (Å²) in [5, 5.41) is 14.1. The van der Waals surface area contributed by atoms with Crippen molar-refractivity contribution in [3.05, 3.63) is 45.9 Å². The highest BCUT2D eigenvalue weighted by Gasteiger charge is 2.04. The first-order chi connectivity index (χ1) is 8.88. The van der Waals surface area contributed by atoms with Crippen LogP contribution in [-0.4, -0.2) is 23.3 Å². The maximum Gasteiger partial charge on any atom is 0.121 e. The Labute approximate surface area is 112 Å². The quantitative estimate of drug-likeness (QED) is 0.779. The molecule has 2 aromatic rings. The normalized spacial score (nSPS) is 10.7. The summed E-state index contributed by atoms with van der Waals surface area (Å²) >= 11 is 1.72. The molecular weight excluding hydrogens is 242 g/mol. The molecule has 0 amide bonds. The number of aromatic nitrogens is 2. The molecular formula is C14H19N3S. The molecule has 0 saturated heterocycles. The molecule has 4 heteroatoms. The summed E-state index contributed by atoms with van der Waals surface area (Å²) in [5.74, 6) is 0. The van der Waals surface area contributed by atoms with E-state index < -0.39 is 0 Å². The van der Waals surface area contributed by atoms with E-state index in [1.54, 1.807) is 11.3 Å². The second kappa shape index (κ2) is 7.24. The standard InChI is InChI=1S/C14H19N3S/c1-2-9-15-10-8-13-16-17-14(18-13)11-12-6-4-3-5-7-12/h3-7,15H,2,8-11H2,1H3. The van der Waals surface area contributed by atoms with E-state index in [9.17, 15) is 0 Å². The fraction of sp³-hybridized carbons (Fsp3) is 0.429. The van der Waals surface area contributed by atoms with Gasteiger partial charge in [0.05, 0.1) is 0 Å². The SMILES string of the molecule is CCCNCCc1nnc(Cc2ccccc2)s1. The van der Waals surface area contributed by atoms with Gasteiger partial charge in [0.1, 0.15) is 10.0 Å². The number of hydrogen-bond donors (Lipinski definition) is 1. The zero-order chi connectivity index (χ0) is 12.6. The van der Waals surface area contributed by atoms with Gasteiger partial charge in [-0.05, 0) is 18.5 Å². The van der Waals surface area contributed by atoms with Crippen molar-refractivity contribution in [1.82, 2.24) is 15.5 Å². The van der Waals surface area contributed by atoms with Gasteiger partial charge in [-0.25, -0.2) is 0 Å². The van der Waals surface area contributed by atoms with E-state index in [2.05, 4.69) is 46.7 Å². The lowest BCUT2D eigenvalue weighted by atomic mass is 10.2. The molecule has 0 atom stereocenters. The Morgan fingerprint density at radius 2 is 1.83 bits per heavy atom. The Morgan fingerprint density at radius 3 is 2.61 bits per heavy atom. The Morgan fingerprint density at radius 1 is 1.06 bits per heavy atom. The van der Waals surface area contributed by atoms with Gasteiger partial charge in [-0.1, -0.05) is 37.3 Å². The summed E-state index contributed by atoms with van der Waals surface area (Å²) in [6, 6.07) is 10.4. The third-order valence-corrected chi connectivity index (χ3v) is 3.63. The fourth-order valence-electron chi connectivity index (χ4n) is 1.73. The number of rotatable bonds is 7. The molecule has 0 radical (unpaired) electrons. The van der Waals surface area contributed by atoms with Crippen LogP contribution in [-0.2, 0) is 12.8 Å². The van der Waals surface area contributed by atoms with Crippen LogP contribution in [0.2, 0.25) is 0 Å². The minimum atomic E-state index is 0.890. The van der Waals surface area contributed by atoms with E-state index in [1.807, 2.05) is 6.07 Å². The van der Waals surface area contributed by atoms with Gasteiger partial charge >= 0.3 is 0 Å². The van der Waals surface area contributed by atoms with Gasteiger partial charge in [0.15, 0.2) is 0 Å². The molecule has 18 heavy (non-hydrogen) atoms. The molecule has 96 valence electrons. The van der Waals surface area contributed by atoms with Crippen molar-refractivity contribution < 1.29 is 0 Å². The van der Waals surface area contributed by atoms with E-state index in [0.717, 1.165) is 35.9 Å². The lowest BCUT2D eigenvalue weighted by Crippen LogP contribution is -2.17. The molecule has 0 aliphatic carbocycles. The van der Waals surface area contributed by atoms with Crippen molar-refractivity contribution in [2.24, 2.45) is 0 Å². The number of hydrogen-bond acceptors (Lipinski definition) is 4. The third-order valence-electron chi connectivity index (χ3n) is 2.65. The first kappa shape index (κ1) is 13.2. The molecule has 0 fully saturated rings. The molecule has 0 spiro atoms. The van der Waals surface area contributed by atoms with Crippen LogP contribution in [0.4, 0.5) is 0 Å². The molecule has 1 heterocycles. The molecule has 1 aromatic heterocycles. The number of nitrogens with one attached hydrogen (secondary N) is 1. The Kier molecular flexibility index (Phi) is 5.30. The Hall–Kier alpha value is -1.26. The van der Waals surface area contributed by atoms with Crippen molar-refractivity contribution in [1.29, 1.82) is 0 Å². The Balaban J connectivity index is 1.83. The van der Waals surface area contributed by atoms with Crippen molar-refractivity contribution in [3.8, 4) is 0 Å². The summed E-state index contributed by atoms with van der Waals surface area (Å²) in [7, 11) is 0. The van der Waals surface area contributed by atoms with E-state index >= 15 is 0 Å². The predicted molar refractivity (Wildman–Crippen MR) is 76.0 cm³/mol. The van der Waals surface area contributed by atoms with Crippen LogP contribution in [0.3, 0.4) is 0 Å². The number of benzene rings is 1. The van der Waals surface area contributed by atoms with Crippen LogP contribution in [0.25, 0.3) is 0 Å². The molecule has 2 rings (SSSR count). The van der Waals surface area contributed by atoms with E-state index in [-0.39, 0.29) is 0 Å². The van der Waals surface area contributed by atoms with Gasteiger partial charge < -0.3 is 5.32 Å². The lowest BCUT2D eigenvalue weighted by molar-refractivity contribution is 0.667. The van der Waals surface area contributed by atoms with Crippen molar-refractivity contribution in [2.45, 2.75) is 26.2 Å². The highest BCUT2D eigenvalue weighted by atomic mass is 32.1. The lowest BCUT2D eigenvalue weighted by Gasteiger charge is -1.98. The van der Waals surface area contributed by atoms with Crippen molar-refractivity contribution in [2.75, 3.05) is 13.1 Å². The summed E-state index contributed by atoms with van der Waals surface area (Å²) in [5.41, 5.74) is 1.30. The van der Waals surface area contributed by atoms with E-state index in [4.69, 9.17) is 0 Å². The molecule has 1 N–H and O–H groups in total. The fourth-order valence-corrected chi connectivity index (χ4v) is 2.61. The Bertz CT molecular complexity index is 453. The predicted octanol–water partition coefficient (Wildman–Crippen LogP) is 2.67. The van der Waals surface area contributed by atoms with Crippen LogP contribution in [0.5, 0.6) is 0 Å². The zero-order valence-electron chi connectivity index (χ0n) is 10.7. The van der Waals surface area contributed by atoms with E-state index in [0.29, 0.717) is 0 Å². The molecule has 0 unspecified atom stereocenters. The third kappa shape index (κ3) is 4.20. The molecule has 3 nitrogen and oxygen atoms in total. The highest BCUT2D eigenvalue weighted by Crippen LogP contribution is 2.14. The summed E-state index contributed by atoms with van der Waals surface area (Å²) < 4.78 is 0.